The minimum atomic E-state index is -4.46. The minimum Gasteiger partial charge on any atom is -0.352 e. The maximum Gasteiger partial charge on any atom is 0.416 e. The minimum absolute atomic E-state index is 0.0164. The zero-order valence-corrected chi connectivity index (χ0v) is 16.8. The highest BCUT2D eigenvalue weighted by Gasteiger charge is 2.31. The van der Waals surface area contributed by atoms with Gasteiger partial charge in [0.15, 0.2) is 5.65 Å². The zero-order valence-electron chi connectivity index (χ0n) is 16.0. The molecule has 2 heterocycles. The van der Waals surface area contributed by atoms with Crippen LogP contribution in [0, 0.1) is 0 Å². The third kappa shape index (κ3) is 4.43. The highest BCUT2D eigenvalue weighted by atomic mass is 35.5. The SMILES string of the molecule is O=C(Cn1cnc2cc(-c3ccc(C(F)(F)F)cc3Cl)cnc21)NC1CCCCC1. The summed E-state index contributed by atoms with van der Waals surface area (Å²) in [6.07, 6.45) is 4.10. The molecular weight excluding hydrogens is 417 g/mol. The Hall–Kier alpha value is -2.61. The first-order chi connectivity index (χ1) is 14.3. The molecule has 0 spiro atoms. The monoisotopic (exact) mass is 436 g/mol. The number of carbonyl (C=O) groups excluding carboxylic acids is 1. The molecule has 1 aromatic carbocycles. The predicted molar refractivity (Wildman–Crippen MR) is 108 cm³/mol. The lowest BCUT2D eigenvalue weighted by Gasteiger charge is -2.22. The Morgan fingerprint density at radius 2 is 1.93 bits per heavy atom. The summed E-state index contributed by atoms with van der Waals surface area (Å²) in [5.41, 5.74) is 1.25. The molecule has 158 valence electrons. The van der Waals surface area contributed by atoms with Gasteiger partial charge in [0.2, 0.25) is 5.91 Å². The molecule has 3 aromatic rings. The lowest BCUT2D eigenvalue weighted by molar-refractivity contribution is -0.137. The molecule has 30 heavy (non-hydrogen) atoms. The molecule has 0 saturated heterocycles. The molecule has 5 nitrogen and oxygen atoms in total. The highest BCUT2D eigenvalue weighted by Crippen LogP contribution is 2.35. The molecule has 1 N–H and O–H groups in total. The van der Waals surface area contributed by atoms with Gasteiger partial charge in [0, 0.05) is 28.4 Å². The number of alkyl halides is 3. The Morgan fingerprint density at radius 1 is 1.17 bits per heavy atom. The van der Waals surface area contributed by atoms with Crippen molar-refractivity contribution in [3.63, 3.8) is 0 Å². The van der Waals surface area contributed by atoms with Crippen LogP contribution in [-0.2, 0) is 17.5 Å². The van der Waals surface area contributed by atoms with E-state index in [1.54, 1.807) is 10.6 Å². The molecule has 0 aliphatic heterocycles. The van der Waals surface area contributed by atoms with E-state index in [1.165, 1.54) is 25.0 Å². The topological polar surface area (TPSA) is 59.8 Å². The second kappa shape index (κ2) is 8.26. The van der Waals surface area contributed by atoms with Crippen LogP contribution >= 0.6 is 11.6 Å². The Kier molecular flexibility index (Phi) is 5.69. The van der Waals surface area contributed by atoms with Crippen LogP contribution in [0.4, 0.5) is 13.2 Å². The number of halogens is 4. The van der Waals surface area contributed by atoms with Crippen LogP contribution in [0.15, 0.2) is 36.8 Å². The maximum absolute atomic E-state index is 12.8. The van der Waals surface area contributed by atoms with E-state index in [2.05, 4.69) is 15.3 Å². The molecule has 1 amide bonds. The molecule has 4 rings (SSSR count). The van der Waals surface area contributed by atoms with Crippen LogP contribution in [0.1, 0.15) is 37.7 Å². The van der Waals surface area contributed by atoms with Gasteiger partial charge in [-0.15, -0.1) is 0 Å². The van der Waals surface area contributed by atoms with Crippen LogP contribution in [0.25, 0.3) is 22.3 Å². The average Bonchev–Trinajstić information content (AvgIpc) is 3.10. The number of pyridine rings is 1. The van der Waals surface area contributed by atoms with Crippen LogP contribution < -0.4 is 5.32 Å². The molecular formula is C21H20ClF3N4O. The maximum atomic E-state index is 12.8. The van der Waals surface area contributed by atoms with E-state index >= 15 is 0 Å². The van der Waals surface area contributed by atoms with Crippen molar-refractivity contribution in [1.29, 1.82) is 0 Å². The fourth-order valence-electron chi connectivity index (χ4n) is 3.81. The number of aromatic nitrogens is 3. The van der Waals surface area contributed by atoms with E-state index < -0.39 is 11.7 Å². The van der Waals surface area contributed by atoms with Gasteiger partial charge in [-0.25, -0.2) is 9.97 Å². The fourth-order valence-corrected chi connectivity index (χ4v) is 4.10. The smallest absolute Gasteiger partial charge is 0.352 e. The second-order valence-electron chi connectivity index (χ2n) is 7.53. The first-order valence-corrected chi connectivity index (χ1v) is 10.2. The van der Waals surface area contributed by atoms with E-state index in [0.29, 0.717) is 22.3 Å². The number of imidazole rings is 1. The molecule has 1 saturated carbocycles. The van der Waals surface area contributed by atoms with Gasteiger partial charge in [-0.1, -0.05) is 36.9 Å². The molecule has 0 bridgehead atoms. The fraction of sp³-hybridized carbons (Fsp3) is 0.381. The molecule has 1 aliphatic carbocycles. The van der Waals surface area contributed by atoms with E-state index in [0.717, 1.165) is 37.8 Å². The highest BCUT2D eigenvalue weighted by molar-refractivity contribution is 6.33. The van der Waals surface area contributed by atoms with Gasteiger partial charge in [-0.2, -0.15) is 13.2 Å². The van der Waals surface area contributed by atoms with Crippen molar-refractivity contribution >= 4 is 28.7 Å². The van der Waals surface area contributed by atoms with E-state index in [-0.39, 0.29) is 23.5 Å². The van der Waals surface area contributed by atoms with Crippen molar-refractivity contribution in [2.45, 2.75) is 50.9 Å². The van der Waals surface area contributed by atoms with Crippen LogP contribution in [0.5, 0.6) is 0 Å². The van der Waals surface area contributed by atoms with E-state index in [1.807, 2.05) is 0 Å². The molecule has 2 aromatic heterocycles. The molecule has 1 aliphatic rings. The summed E-state index contributed by atoms with van der Waals surface area (Å²) in [6, 6.07) is 5.13. The number of amides is 1. The predicted octanol–water partition coefficient (Wildman–Crippen LogP) is 5.22. The summed E-state index contributed by atoms with van der Waals surface area (Å²) in [5, 5.41) is 3.04. The van der Waals surface area contributed by atoms with Crippen molar-refractivity contribution < 1.29 is 18.0 Å². The van der Waals surface area contributed by atoms with Gasteiger partial charge < -0.3 is 9.88 Å². The molecule has 1 fully saturated rings. The largest absolute Gasteiger partial charge is 0.416 e. The normalized spacial score (nSPS) is 15.5. The summed E-state index contributed by atoms with van der Waals surface area (Å²) < 4.78 is 40.2. The van der Waals surface area contributed by atoms with Gasteiger partial charge in [0.05, 0.1) is 11.9 Å². The number of benzene rings is 1. The first-order valence-electron chi connectivity index (χ1n) is 9.78. The van der Waals surface area contributed by atoms with Gasteiger partial charge in [0.1, 0.15) is 12.1 Å². The zero-order chi connectivity index (χ0) is 21.3. The lowest BCUT2D eigenvalue weighted by atomic mass is 9.95. The molecule has 0 radical (unpaired) electrons. The van der Waals surface area contributed by atoms with E-state index in [9.17, 15) is 18.0 Å². The Labute approximate surface area is 176 Å². The molecule has 0 atom stereocenters. The third-order valence-electron chi connectivity index (χ3n) is 5.35. The molecule has 9 heteroatoms. The summed E-state index contributed by atoms with van der Waals surface area (Å²) >= 11 is 6.08. The lowest BCUT2D eigenvalue weighted by Crippen LogP contribution is -2.38. The third-order valence-corrected chi connectivity index (χ3v) is 5.66. The van der Waals surface area contributed by atoms with Gasteiger partial charge >= 0.3 is 6.18 Å². The van der Waals surface area contributed by atoms with E-state index in [4.69, 9.17) is 11.6 Å². The van der Waals surface area contributed by atoms with Crippen molar-refractivity contribution in [3.8, 4) is 11.1 Å². The number of nitrogens with one attached hydrogen (secondary N) is 1. The quantitative estimate of drug-likeness (QED) is 0.610. The van der Waals surface area contributed by atoms with Crippen molar-refractivity contribution in [3.05, 3.63) is 47.4 Å². The first kappa shape index (κ1) is 20.7. The van der Waals surface area contributed by atoms with Crippen molar-refractivity contribution in [2.75, 3.05) is 0 Å². The van der Waals surface area contributed by atoms with Crippen LogP contribution in [0.2, 0.25) is 5.02 Å². The summed E-state index contributed by atoms with van der Waals surface area (Å²) in [6.45, 7) is 0.111. The van der Waals surface area contributed by atoms with Crippen LogP contribution in [0.3, 0.4) is 0 Å². The van der Waals surface area contributed by atoms with Gasteiger partial charge in [0.25, 0.3) is 0 Å². The second-order valence-corrected chi connectivity index (χ2v) is 7.94. The standard InChI is InChI=1S/C21H20ClF3N4O/c22-17-9-14(21(23,24)25)6-7-16(17)13-8-18-20(26-10-13)29(12-27-18)11-19(30)28-15-4-2-1-3-5-15/h6-10,12,15H,1-5,11H2,(H,28,30). The average molecular weight is 437 g/mol. The number of fused-ring (bicyclic) bond motifs is 1. The Balaban J connectivity index is 1.53. The van der Waals surface area contributed by atoms with Crippen LogP contribution in [-0.4, -0.2) is 26.5 Å². The number of hydrogen-bond donors (Lipinski definition) is 1. The summed E-state index contributed by atoms with van der Waals surface area (Å²) in [7, 11) is 0. The number of rotatable bonds is 4. The van der Waals surface area contributed by atoms with Gasteiger partial charge in [-0.05, 0) is 31.0 Å². The van der Waals surface area contributed by atoms with Crippen molar-refractivity contribution in [1.82, 2.24) is 19.9 Å². The number of carbonyl (C=O) groups is 1. The molecule has 0 unspecified atom stereocenters. The summed E-state index contributed by atoms with van der Waals surface area (Å²) in [4.78, 5) is 21.0. The number of hydrogen-bond acceptors (Lipinski definition) is 3. The summed E-state index contributed by atoms with van der Waals surface area (Å²) in [5.74, 6) is -0.0853. The Bertz CT molecular complexity index is 1070. The van der Waals surface area contributed by atoms with Crippen molar-refractivity contribution in [2.24, 2.45) is 0 Å². The Morgan fingerprint density at radius 3 is 2.63 bits per heavy atom. The van der Waals surface area contributed by atoms with Gasteiger partial charge in [-0.3, -0.25) is 4.79 Å². The number of nitrogens with zero attached hydrogens (tertiary/aromatic N) is 3.